The molecule has 0 fully saturated rings. The first-order valence-electron chi connectivity index (χ1n) is 3.71. The van der Waals surface area contributed by atoms with Crippen molar-refractivity contribution >= 4 is 6.03 Å². The minimum absolute atomic E-state index is 0.299. The first kappa shape index (κ1) is 9.47. The van der Waals surface area contributed by atoms with E-state index in [2.05, 4.69) is 5.32 Å². The molecule has 0 aliphatic rings. The fourth-order valence-corrected chi connectivity index (χ4v) is 0.836. The lowest BCUT2D eigenvalue weighted by Gasteiger charge is -2.03. The van der Waals surface area contributed by atoms with Crippen LogP contribution in [0.25, 0.3) is 0 Å². The van der Waals surface area contributed by atoms with Gasteiger partial charge in [0.2, 0.25) is 0 Å². The second kappa shape index (κ2) is 4.42. The SMILES string of the molecule is NNC(=O)NCc1ccc(F)cc1. The van der Waals surface area contributed by atoms with Crippen LogP contribution in [0.5, 0.6) is 0 Å². The number of carbonyl (C=O) groups is 1. The summed E-state index contributed by atoms with van der Waals surface area (Å²) in [6.45, 7) is 0.323. The van der Waals surface area contributed by atoms with Crippen molar-refractivity contribution in [3.63, 3.8) is 0 Å². The van der Waals surface area contributed by atoms with Crippen LogP contribution in [0.4, 0.5) is 9.18 Å². The van der Waals surface area contributed by atoms with Crippen molar-refractivity contribution in [1.82, 2.24) is 10.7 Å². The lowest BCUT2D eigenvalue weighted by Crippen LogP contribution is -2.39. The number of amides is 2. The number of halogens is 1. The normalized spacial score (nSPS) is 9.38. The molecule has 0 aromatic heterocycles. The molecule has 5 heteroatoms. The lowest BCUT2D eigenvalue weighted by atomic mass is 10.2. The Morgan fingerprint density at radius 3 is 2.54 bits per heavy atom. The second-order valence-corrected chi connectivity index (χ2v) is 2.45. The van der Waals surface area contributed by atoms with E-state index in [1.54, 1.807) is 12.1 Å². The van der Waals surface area contributed by atoms with Gasteiger partial charge in [-0.1, -0.05) is 12.1 Å². The van der Waals surface area contributed by atoms with Gasteiger partial charge in [0.05, 0.1) is 0 Å². The molecule has 13 heavy (non-hydrogen) atoms. The average molecular weight is 183 g/mol. The number of hydrogen-bond donors (Lipinski definition) is 3. The predicted octanol–water partition coefficient (Wildman–Crippen LogP) is 0.499. The first-order chi connectivity index (χ1) is 6.22. The number of benzene rings is 1. The summed E-state index contributed by atoms with van der Waals surface area (Å²) in [6, 6.07) is 5.37. The number of rotatable bonds is 2. The minimum Gasteiger partial charge on any atom is -0.333 e. The van der Waals surface area contributed by atoms with Crippen LogP contribution in [-0.4, -0.2) is 6.03 Å². The number of carbonyl (C=O) groups excluding carboxylic acids is 1. The molecule has 0 aliphatic carbocycles. The molecule has 0 saturated heterocycles. The van der Waals surface area contributed by atoms with Crippen molar-refractivity contribution in [2.75, 3.05) is 0 Å². The van der Waals surface area contributed by atoms with Gasteiger partial charge >= 0.3 is 6.03 Å². The predicted molar refractivity (Wildman–Crippen MR) is 46.0 cm³/mol. The van der Waals surface area contributed by atoms with Crippen molar-refractivity contribution in [3.05, 3.63) is 35.6 Å². The Kier molecular flexibility index (Phi) is 3.22. The number of hydrazine groups is 1. The molecular weight excluding hydrogens is 173 g/mol. The molecule has 0 saturated carbocycles. The van der Waals surface area contributed by atoms with E-state index >= 15 is 0 Å². The molecular formula is C8H10FN3O. The van der Waals surface area contributed by atoms with E-state index in [0.717, 1.165) is 5.56 Å². The van der Waals surface area contributed by atoms with Crippen molar-refractivity contribution < 1.29 is 9.18 Å². The summed E-state index contributed by atoms with van der Waals surface area (Å²) >= 11 is 0. The van der Waals surface area contributed by atoms with Gasteiger partial charge in [-0.3, -0.25) is 5.43 Å². The molecule has 0 spiro atoms. The number of nitrogens with one attached hydrogen (secondary N) is 2. The Balaban J connectivity index is 2.46. The van der Waals surface area contributed by atoms with Gasteiger partial charge in [0.1, 0.15) is 5.82 Å². The van der Waals surface area contributed by atoms with Crippen LogP contribution in [0, 0.1) is 5.82 Å². The Morgan fingerprint density at radius 1 is 1.38 bits per heavy atom. The van der Waals surface area contributed by atoms with Crippen molar-refractivity contribution in [2.45, 2.75) is 6.54 Å². The maximum absolute atomic E-state index is 12.4. The van der Waals surface area contributed by atoms with Gasteiger partial charge in [-0.25, -0.2) is 15.0 Å². The summed E-state index contributed by atoms with van der Waals surface area (Å²) in [5.74, 6) is 4.54. The van der Waals surface area contributed by atoms with Crippen molar-refractivity contribution in [1.29, 1.82) is 0 Å². The molecule has 0 unspecified atom stereocenters. The monoisotopic (exact) mass is 183 g/mol. The van der Waals surface area contributed by atoms with E-state index in [1.165, 1.54) is 12.1 Å². The van der Waals surface area contributed by atoms with Gasteiger partial charge in [0.25, 0.3) is 0 Å². The van der Waals surface area contributed by atoms with Gasteiger partial charge in [-0.15, -0.1) is 0 Å². The number of urea groups is 1. The molecule has 70 valence electrons. The highest BCUT2D eigenvalue weighted by Gasteiger charge is 1.96. The van der Waals surface area contributed by atoms with Crippen LogP contribution in [0.1, 0.15) is 5.56 Å². The summed E-state index contributed by atoms with van der Waals surface area (Å²) in [4.78, 5) is 10.6. The largest absolute Gasteiger partial charge is 0.333 e. The average Bonchev–Trinajstić information content (AvgIpc) is 2.16. The fourth-order valence-electron chi connectivity index (χ4n) is 0.836. The van der Waals surface area contributed by atoms with Gasteiger partial charge in [0, 0.05) is 6.54 Å². The molecule has 1 aromatic rings. The highest BCUT2D eigenvalue weighted by atomic mass is 19.1. The zero-order valence-electron chi connectivity index (χ0n) is 6.88. The minimum atomic E-state index is -0.468. The van der Waals surface area contributed by atoms with Crippen LogP contribution >= 0.6 is 0 Å². The van der Waals surface area contributed by atoms with E-state index in [-0.39, 0.29) is 5.82 Å². The van der Waals surface area contributed by atoms with Crippen LogP contribution in [0.15, 0.2) is 24.3 Å². The van der Waals surface area contributed by atoms with Crippen molar-refractivity contribution in [3.8, 4) is 0 Å². The third kappa shape index (κ3) is 3.08. The molecule has 1 rings (SSSR count). The molecule has 0 heterocycles. The van der Waals surface area contributed by atoms with Gasteiger partial charge in [0.15, 0.2) is 0 Å². The molecule has 4 N–H and O–H groups in total. The number of hydrogen-bond acceptors (Lipinski definition) is 2. The van der Waals surface area contributed by atoms with Crippen LogP contribution in [0.3, 0.4) is 0 Å². The zero-order valence-corrected chi connectivity index (χ0v) is 6.88. The van der Waals surface area contributed by atoms with E-state index in [4.69, 9.17) is 5.84 Å². The van der Waals surface area contributed by atoms with E-state index in [1.807, 2.05) is 5.43 Å². The molecule has 0 bridgehead atoms. The van der Waals surface area contributed by atoms with Gasteiger partial charge < -0.3 is 5.32 Å². The Hall–Kier alpha value is -1.62. The van der Waals surface area contributed by atoms with Gasteiger partial charge in [-0.05, 0) is 17.7 Å². The van der Waals surface area contributed by atoms with Crippen LogP contribution in [0.2, 0.25) is 0 Å². The van der Waals surface area contributed by atoms with Crippen LogP contribution in [-0.2, 0) is 6.54 Å². The smallest absolute Gasteiger partial charge is 0.329 e. The summed E-state index contributed by atoms with van der Waals surface area (Å²) in [5.41, 5.74) is 2.73. The molecule has 2 amide bonds. The third-order valence-corrected chi connectivity index (χ3v) is 1.50. The lowest BCUT2D eigenvalue weighted by molar-refractivity contribution is 0.241. The fraction of sp³-hybridized carbons (Fsp3) is 0.125. The summed E-state index contributed by atoms with van der Waals surface area (Å²) < 4.78 is 12.4. The Labute approximate surface area is 74.9 Å². The van der Waals surface area contributed by atoms with E-state index in [0.29, 0.717) is 6.54 Å². The molecule has 0 radical (unpaired) electrons. The van der Waals surface area contributed by atoms with E-state index in [9.17, 15) is 9.18 Å². The summed E-state index contributed by atoms with van der Waals surface area (Å²) in [5, 5.41) is 2.47. The third-order valence-electron chi connectivity index (χ3n) is 1.50. The number of nitrogens with two attached hydrogens (primary N) is 1. The Morgan fingerprint density at radius 2 is 2.00 bits per heavy atom. The maximum atomic E-state index is 12.4. The summed E-state index contributed by atoms with van der Waals surface area (Å²) in [7, 11) is 0. The van der Waals surface area contributed by atoms with Gasteiger partial charge in [-0.2, -0.15) is 0 Å². The maximum Gasteiger partial charge on any atom is 0.329 e. The van der Waals surface area contributed by atoms with Crippen LogP contribution < -0.4 is 16.6 Å². The Bertz CT molecular complexity index is 286. The molecule has 0 atom stereocenters. The van der Waals surface area contributed by atoms with Crippen molar-refractivity contribution in [2.24, 2.45) is 5.84 Å². The van der Waals surface area contributed by atoms with E-state index < -0.39 is 6.03 Å². The first-order valence-corrected chi connectivity index (χ1v) is 3.71. The summed E-state index contributed by atoms with van der Waals surface area (Å²) in [6.07, 6.45) is 0. The second-order valence-electron chi connectivity index (χ2n) is 2.45. The highest BCUT2D eigenvalue weighted by Crippen LogP contribution is 2.01. The highest BCUT2D eigenvalue weighted by molar-refractivity contribution is 5.72. The molecule has 0 aliphatic heterocycles. The molecule has 1 aromatic carbocycles. The quantitative estimate of drug-likeness (QED) is 0.355. The topological polar surface area (TPSA) is 67.1 Å². The standard InChI is InChI=1S/C8H10FN3O/c9-7-3-1-6(2-4-7)5-11-8(13)12-10/h1-4H,5,10H2,(H2,11,12,13). The zero-order chi connectivity index (χ0) is 9.68. The molecule has 4 nitrogen and oxygen atoms in total.